The molecule has 7 heteroatoms. The van der Waals surface area contributed by atoms with Crippen molar-refractivity contribution < 1.29 is 14.1 Å². The molecular formula is C18H24N4O3. The van der Waals surface area contributed by atoms with Crippen LogP contribution in [0.5, 0.6) is 0 Å². The lowest BCUT2D eigenvalue weighted by Gasteiger charge is -2.21. The molecule has 3 amide bonds. The average Bonchev–Trinajstić information content (AvgIpc) is 2.91. The van der Waals surface area contributed by atoms with Crippen molar-refractivity contribution in [3.8, 4) is 0 Å². The Bertz CT molecular complexity index is 762. The van der Waals surface area contributed by atoms with Crippen LogP contribution in [0, 0.1) is 6.92 Å². The number of aromatic nitrogens is 1. The molecule has 25 heavy (non-hydrogen) atoms. The second-order valence-corrected chi connectivity index (χ2v) is 7.00. The van der Waals surface area contributed by atoms with Gasteiger partial charge >= 0.3 is 6.03 Å². The zero-order valence-electron chi connectivity index (χ0n) is 15.2. The van der Waals surface area contributed by atoms with Gasteiger partial charge in [-0.3, -0.25) is 4.79 Å². The van der Waals surface area contributed by atoms with Crippen LogP contribution in [0.15, 0.2) is 34.9 Å². The third-order valence-electron chi connectivity index (χ3n) is 3.29. The smallest absolute Gasteiger partial charge is 0.321 e. The predicted octanol–water partition coefficient (Wildman–Crippen LogP) is 3.18. The lowest BCUT2D eigenvalue weighted by Crippen LogP contribution is -2.40. The van der Waals surface area contributed by atoms with Crippen LogP contribution in [0.2, 0.25) is 0 Å². The third-order valence-corrected chi connectivity index (χ3v) is 3.29. The number of benzene rings is 1. The second-order valence-electron chi connectivity index (χ2n) is 7.00. The highest BCUT2D eigenvalue weighted by Gasteiger charge is 2.16. The highest BCUT2D eigenvalue weighted by molar-refractivity contribution is 5.97. The molecule has 0 aliphatic rings. The Kier molecular flexibility index (Phi) is 5.46. The molecule has 0 atom stereocenters. The highest BCUT2D eigenvalue weighted by Crippen LogP contribution is 2.13. The van der Waals surface area contributed by atoms with Crippen LogP contribution in [0.4, 0.5) is 10.5 Å². The van der Waals surface area contributed by atoms with Gasteiger partial charge in [0.05, 0.1) is 6.54 Å². The molecule has 134 valence electrons. The topological polar surface area (TPSA) is 87.5 Å². The summed E-state index contributed by atoms with van der Waals surface area (Å²) in [4.78, 5) is 26.0. The molecule has 0 unspecified atom stereocenters. The number of urea groups is 1. The number of amides is 3. The van der Waals surface area contributed by atoms with Gasteiger partial charge in [-0.2, -0.15) is 0 Å². The minimum atomic E-state index is -0.327. The molecule has 7 nitrogen and oxygen atoms in total. The summed E-state index contributed by atoms with van der Waals surface area (Å²) in [6, 6.07) is 8.30. The summed E-state index contributed by atoms with van der Waals surface area (Å²) in [5.74, 6) is 0.511. The summed E-state index contributed by atoms with van der Waals surface area (Å²) < 4.78 is 4.99. The maximum absolute atomic E-state index is 12.3. The minimum Gasteiger partial charge on any atom is -0.361 e. The summed E-state index contributed by atoms with van der Waals surface area (Å²) in [7, 11) is 1.66. The molecular weight excluding hydrogens is 320 g/mol. The molecule has 2 aromatic rings. The van der Waals surface area contributed by atoms with Crippen LogP contribution < -0.4 is 10.6 Å². The molecule has 1 aromatic carbocycles. The van der Waals surface area contributed by atoms with Crippen LogP contribution in [-0.2, 0) is 6.54 Å². The van der Waals surface area contributed by atoms with Gasteiger partial charge in [-0.05, 0) is 45.9 Å². The number of nitrogens with one attached hydrogen (secondary N) is 2. The summed E-state index contributed by atoms with van der Waals surface area (Å²) in [5, 5.41) is 9.54. The van der Waals surface area contributed by atoms with E-state index in [1.54, 1.807) is 44.3 Å². The average molecular weight is 344 g/mol. The molecule has 0 aliphatic carbocycles. The molecule has 0 aliphatic heterocycles. The first-order valence-corrected chi connectivity index (χ1v) is 8.01. The van der Waals surface area contributed by atoms with Gasteiger partial charge in [0.15, 0.2) is 0 Å². The van der Waals surface area contributed by atoms with E-state index in [4.69, 9.17) is 4.52 Å². The fourth-order valence-electron chi connectivity index (χ4n) is 2.18. The third kappa shape index (κ3) is 5.63. The molecule has 0 bridgehead atoms. The summed E-state index contributed by atoms with van der Waals surface area (Å²) in [6.07, 6.45) is 0. The van der Waals surface area contributed by atoms with Crippen molar-refractivity contribution in [2.45, 2.75) is 39.8 Å². The van der Waals surface area contributed by atoms with Gasteiger partial charge in [0.25, 0.3) is 5.91 Å². The lowest BCUT2D eigenvalue weighted by molar-refractivity contribution is 0.0919. The number of nitrogens with zero attached hydrogens (tertiary/aromatic N) is 2. The summed E-state index contributed by atoms with van der Waals surface area (Å²) in [5.41, 5.74) is 1.39. The molecule has 2 N–H and O–H groups in total. The van der Waals surface area contributed by atoms with E-state index < -0.39 is 0 Å². The fourth-order valence-corrected chi connectivity index (χ4v) is 2.18. The van der Waals surface area contributed by atoms with Gasteiger partial charge < -0.3 is 20.1 Å². The van der Waals surface area contributed by atoms with Crippen LogP contribution >= 0.6 is 0 Å². The van der Waals surface area contributed by atoms with Crippen molar-refractivity contribution in [2.24, 2.45) is 0 Å². The van der Waals surface area contributed by atoms with Crippen molar-refractivity contribution in [1.82, 2.24) is 15.4 Å². The Labute approximate surface area is 147 Å². The number of hydrogen-bond acceptors (Lipinski definition) is 4. The first-order valence-electron chi connectivity index (χ1n) is 8.01. The van der Waals surface area contributed by atoms with E-state index in [1.165, 1.54) is 4.90 Å². The summed E-state index contributed by atoms with van der Waals surface area (Å²) in [6.45, 7) is 7.86. The van der Waals surface area contributed by atoms with E-state index in [1.807, 2.05) is 20.8 Å². The van der Waals surface area contributed by atoms with E-state index in [0.717, 1.165) is 0 Å². The molecule has 0 saturated heterocycles. The van der Waals surface area contributed by atoms with E-state index in [0.29, 0.717) is 29.2 Å². The van der Waals surface area contributed by atoms with Crippen molar-refractivity contribution >= 4 is 17.6 Å². The van der Waals surface area contributed by atoms with Crippen molar-refractivity contribution in [1.29, 1.82) is 0 Å². The molecule has 0 radical (unpaired) electrons. The van der Waals surface area contributed by atoms with Gasteiger partial charge in [0.1, 0.15) is 11.5 Å². The number of hydrogen-bond donors (Lipinski definition) is 2. The molecule has 0 fully saturated rings. The van der Waals surface area contributed by atoms with Gasteiger partial charge in [-0.15, -0.1) is 0 Å². The van der Waals surface area contributed by atoms with Crippen LogP contribution in [0.3, 0.4) is 0 Å². The number of rotatable bonds is 4. The lowest BCUT2D eigenvalue weighted by atomic mass is 10.1. The molecule has 2 rings (SSSR count). The van der Waals surface area contributed by atoms with Crippen LogP contribution in [0.1, 0.15) is 42.6 Å². The number of carbonyl (C=O) groups excluding carboxylic acids is 2. The first kappa shape index (κ1) is 18.5. The quantitative estimate of drug-likeness (QED) is 0.892. The van der Waals surface area contributed by atoms with Crippen molar-refractivity contribution in [3.05, 3.63) is 47.3 Å². The maximum Gasteiger partial charge on any atom is 0.321 e. The Balaban J connectivity index is 2.00. The van der Waals surface area contributed by atoms with E-state index in [2.05, 4.69) is 15.8 Å². The van der Waals surface area contributed by atoms with Crippen LogP contribution in [-0.4, -0.2) is 34.6 Å². The SMILES string of the molecule is Cc1cc(CN(C)C(=O)Nc2cccc(C(=O)NC(C)(C)C)c2)no1. The highest BCUT2D eigenvalue weighted by atomic mass is 16.5. The monoisotopic (exact) mass is 344 g/mol. The van der Waals surface area contributed by atoms with E-state index in [-0.39, 0.29) is 17.5 Å². The Morgan fingerprint density at radius 2 is 1.96 bits per heavy atom. The van der Waals surface area contributed by atoms with E-state index >= 15 is 0 Å². The standard InChI is InChI=1S/C18H24N4O3/c1-12-9-15(21-25-12)11-22(5)17(24)19-14-8-6-7-13(10-14)16(23)20-18(2,3)4/h6-10H,11H2,1-5H3,(H,19,24)(H,20,23). The molecule has 1 heterocycles. The number of anilines is 1. The van der Waals surface area contributed by atoms with Crippen molar-refractivity contribution in [3.63, 3.8) is 0 Å². The van der Waals surface area contributed by atoms with Gasteiger partial charge in [-0.25, -0.2) is 4.79 Å². The molecule has 0 spiro atoms. The van der Waals surface area contributed by atoms with Gasteiger partial charge in [-0.1, -0.05) is 11.2 Å². The Morgan fingerprint density at radius 1 is 1.24 bits per heavy atom. The fraction of sp³-hybridized carbons (Fsp3) is 0.389. The largest absolute Gasteiger partial charge is 0.361 e. The maximum atomic E-state index is 12.3. The number of carbonyl (C=O) groups is 2. The van der Waals surface area contributed by atoms with E-state index in [9.17, 15) is 9.59 Å². The van der Waals surface area contributed by atoms with Gasteiger partial charge in [0.2, 0.25) is 0 Å². The first-order chi connectivity index (χ1) is 11.6. The summed E-state index contributed by atoms with van der Waals surface area (Å²) >= 11 is 0. The van der Waals surface area contributed by atoms with Crippen molar-refractivity contribution in [2.75, 3.05) is 12.4 Å². The van der Waals surface area contributed by atoms with Gasteiger partial charge in [0, 0.05) is 29.9 Å². The zero-order chi connectivity index (χ0) is 18.6. The Hall–Kier alpha value is -2.83. The Morgan fingerprint density at radius 3 is 2.56 bits per heavy atom. The molecule has 0 saturated carbocycles. The van der Waals surface area contributed by atoms with Crippen LogP contribution in [0.25, 0.3) is 0 Å². The number of aryl methyl sites for hydroxylation is 1. The predicted molar refractivity (Wildman–Crippen MR) is 95.4 cm³/mol. The second kappa shape index (κ2) is 7.38. The molecule has 1 aromatic heterocycles. The minimum absolute atomic E-state index is 0.185. The zero-order valence-corrected chi connectivity index (χ0v) is 15.2. The normalized spacial score (nSPS) is 11.1.